The van der Waals surface area contributed by atoms with E-state index in [4.69, 9.17) is 0 Å². The van der Waals surface area contributed by atoms with Crippen molar-refractivity contribution in [1.29, 1.82) is 0 Å². The van der Waals surface area contributed by atoms with Crippen LogP contribution in [-0.4, -0.2) is 45.2 Å². The molecule has 0 amide bonds. The Morgan fingerprint density at radius 2 is 1.89 bits per heavy atom. The molecule has 1 aromatic carbocycles. The van der Waals surface area contributed by atoms with Crippen molar-refractivity contribution in [2.24, 2.45) is 0 Å². The summed E-state index contributed by atoms with van der Waals surface area (Å²) >= 11 is 0. The van der Waals surface area contributed by atoms with E-state index in [0.717, 1.165) is 37.4 Å². The summed E-state index contributed by atoms with van der Waals surface area (Å²) in [6, 6.07) is 5.40. The Morgan fingerprint density at radius 3 is 2.50 bits per heavy atom. The average molecular weight is 251 g/mol. The second-order valence-corrected chi connectivity index (χ2v) is 4.97. The minimum Gasteiger partial charge on any atom is -0.369 e. The zero-order valence-electron chi connectivity index (χ0n) is 11.4. The van der Waals surface area contributed by atoms with Gasteiger partial charge in [0.15, 0.2) is 0 Å². The van der Waals surface area contributed by atoms with Crippen LogP contribution in [0.2, 0.25) is 0 Å². The summed E-state index contributed by atoms with van der Waals surface area (Å²) in [4.78, 5) is 4.59. The van der Waals surface area contributed by atoms with E-state index in [1.165, 1.54) is 0 Å². The number of hydrogen-bond donors (Lipinski definition) is 1. The zero-order valence-corrected chi connectivity index (χ0v) is 11.4. The molecule has 3 nitrogen and oxygen atoms in total. The van der Waals surface area contributed by atoms with Gasteiger partial charge in [-0.2, -0.15) is 0 Å². The van der Waals surface area contributed by atoms with Gasteiger partial charge in [-0.1, -0.05) is 6.07 Å². The number of nitrogens with zero attached hydrogens (tertiary/aromatic N) is 2. The standard InChI is InChI=1S/C14H22FN3/c1-11(16-2)14-12(15)5-4-6-13(14)18-9-7-17(3)8-10-18/h4-6,11,16H,7-10H2,1-3H3. The van der Waals surface area contributed by atoms with Crippen molar-refractivity contribution >= 4 is 5.69 Å². The minimum atomic E-state index is -0.117. The van der Waals surface area contributed by atoms with Crippen LogP contribution in [-0.2, 0) is 0 Å². The van der Waals surface area contributed by atoms with Crippen molar-refractivity contribution in [2.45, 2.75) is 13.0 Å². The first-order chi connectivity index (χ1) is 8.63. The molecule has 100 valence electrons. The number of likely N-dealkylation sites (N-methyl/N-ethyl adjacent to an activating group) is 1. The van der Waals surface area contributed by atoms with Crippen LogP contribution in [0.4, 0.5) is 10.1 Å². The average Bonchev–Trinajstić information content (AvgIpc) is 2.38. The Hall–Kier alpha value is -1.13. The molecule has 0 spiro atoms. The molecule has 0 aliphatic carbocycles. The molecule has 0 saturated carbocycles. The van der Waals surface area contributed by atoms with Gasteiger partial charge in [-0.3, -0.25) is 0 Å². The predicted molar refractivity (Wildman–Crippen MR) is 73.6 cm³/mol. The summed E-state index contributed by atoms with van der Waals surface area (Å²) < 4.78 is 14.0. The molecule has 2 rings (SSSR count). The molecule has 1 aliphatic heterocycles. The minimum absolute atomic E-state index is 0.0286. The van der Waals surface area contributed by atoms with Crippen molar-refractivity contribution in [1.82, 2.24) is 10.2 Å². The second-order valence-electron chi connectivity index (χ2n) is 4.97. The highest BCUT2D eigenvalue weighted by molar-refractivity contribution is 5.56. The number of benzene rings is 1. The first-order valence-electron chi connectivity index (χ1n) is 6.52. The normalized spacial score (nSPS) is 19.0. The summed E-state index contributed by atoms with van der Waals surface area (Å²) in [5.74, 6) is -0.117. The Labute approximate surface area is 109 Å². The highest BCUT2D eigenvalue weighted by atomic mass is 19.1. The molecule has 0 aromatic heterocycles. The summed E-state index contributed by atoms with van der Waals surface area (Å²) in [7, 11) is 3.99. The van der Waals surface area contributed by atoms with Gasteiger partial charge in [-0.15, -0.1) is 0 Å². The van der Waals surface area contributed by atoms with Gasteiger partial charge in [0.1, 0.15) is 5.82 Å². The predicted octanol–water partition coefficient (Wildman–Crippen LogP) is 1.86. The highest BCUT2D eigenvalue weighted by Gasteiger charge is 2.21. The van der Waals surface area contributed by atoms with Crippen LogP contribution in [0.25, 0.3) is 0 Å². The van der Waals surface area contributed by atoms with E-state index in [9.17, 15) is 4.39 Å². The fourth-order valence-corrected chi connectivity index (χ4v) is 2.42. The summed E-state index contributed by atoms with van der Waals surface area (Å²) in [5.41, 5.74) is 1.81. The molecular formula is C14H22FN3. The van der Waals surface area contributed by atoms with Gasteiger partial charge in [0.25, 0.3) is 0 Å². The molecule has 1 unspecified atom stereocenters. The largest absolute Gasteiger partial charge is 0.369 e. The van der Waals surface area contributed by atoms with Crippen molar-refractivity contribution in [3.8, 4) is 0 Å². The SMILES string of the molecule is CNC(C)c1c(F)cccc1N1CCN(C)CC1. The first-order valence-corrected chi connectivity index (χ1v) is 6.52. The van der Waals surface area contributed by atoms with Crippen molar-refractivity contribution in [3.63, 3.8) is 0 Å². The maximum Gasteiger partial charge on any atom is 0.130 e. The third kappa shape index (κ3) is 2.65. The van der Waals surface area contributed by atoms with E-state index >= 15 is 0 Å². The van der Waals surface area contributed by atoms with E-state index in [0.29, 0.717) is 0 Å². The highest BCUT2D eigenvalue weighted by Crippen LogP contribution is 2.29. The maximum absolute atomic E-state index is 14.0. The zero-order chi connectivity index (χ0) is 13.1. The Balaban J connectivity index is 2.29. The lowest BCUT2D eigenvalue weighted by Gasteiger charge is -2.36. The lowest BCUT2D eigenvalue weighted by molar-refractivity contribution is 0.312. The number of halogens is 1. The molecule has 1 saturated heterocycles. The smallest absolute Gasteiger partial charge is 0.130 e. The summed E-state index contributed by atoms with van der Waals surface area (Å²) in [6.45, 7) is 5.98. The third-order valence-corrected chi connectivity index (χ3v) is 3.74. The molecule has 0 radical (unpaired) electrons. The van der Waals surface area contributed by atoms with Crippen molar-refractivity contribution in [2.75, 3.05) is 45.2 Å². The molecule has 1 aliphatic rings. The molecule has 0 bridgehead atoms. The lowest BCUT2D eigenvalue weighted by atomic mass is 10.0. The van der Waals surface area contributed by atoms with E-state index in [2.05, 4.69) is 22.2 Å². The molecule has 4 heteroatoms. The monoisotopic (exact) mass is 251 g/mol. The van der Waals surface area contributed by atoms with Crippen LogP contribution < -0.4 is 10.2 Å². The van der Waals surface area contributed by atoms with Crippen molar-refractivity contribution < 1.29 is 4.39 Å². The quantitative estimate of drug-likeness (QED) is 0.884. The van der Waals surface area contributed by atoms with Gasteiger partial charge < -0.3 is 15.1 Å². The Kier molecular flexibility index (Phi) is 4.19. The van der Waals surface area contributed by atoms with Crippen LogP contribution in [0.3, 0.4) is 0 Å². The van der Waals surface area contributed by atoms with E-state index in [-0.39, 0.29) is 11.9 Å². The van der Waals surface area contributed by atoms with Gasteiger partial charge >= 0.3 is 0 Å². The van der Waals surface area contributed by atoms with E-state index in [1.807, 2.05) is 20.0 Å². The fourth-order valence-electron chi connectivity index (χ4n) is 2.42. The Bertz CT molecular complexity index is 400. The molecule has 1 aromatic rings. The van der Waals surface area contributed by atoms with Crippen molar-refractivity contribution in [3.05, 3.63) is 29.6 Å². The molecule has 1 atom stereocenters. The van der Waals surface area contributed by atoms with Crippen LogP contribution in [0.1, 0.15) is 18.5 Å². The number of hydrogen-bond acceptors (Lipinski definition) is 3. The van der Waals surface area contributed by atoms with Gasteiger partial charge in [0, 0.05) is 43.5 Å². The van der Waals surface area contributed by atoms with Crippen LogP contribution in [0.5, 0.6) is 0 Å². The molecule has 1 fully saturated rings. The number of piperazine rings is 1. The van der Waals surface area contributed by atoms with Gasteiger partial charge in [-0.05, 0) is 33.2 Å². The third-order valence-electron chi connectivity index (χ3n) is 3.74. The number of rotatable bonds is 3. The van der Waals surface area contributed by atoms with Gasteiger partial charge in [-0.25, -0.2) is 4.39 Å². The van der Waals surface area contributed by atoms with Crippen LogP contribution in [0.15, 0.2) is 18.2 Å². The van der Waals surface area contributed by atoms with Gasteiger partial charge in [0.2, 0.25) is 0 Å². The van der Waals surface area contributed by atoms with E-state index < -0.39 is 0 Å². The number of nitrogens with one attached hydrogen (secondary N) is 1. The number of anilines is 1. The lowest BCUT2D eigenvalue weighted by Crippen LogP contribution is -2.45. The van der Waals surface area contributed by atoms with E-state index in [1.54, 1.807) is 12.1 Å². The molecule has 18 heavy (non-hydrogen) atoms. The first kappa shape index (κ1) is 13.3. The molecule has 1 N–H and O–H groups in total. The van der Waals surface area contributed by atoms with Crippen LogP contribution >= 0.6 is 0 Å². The topological polar surface area (TPSA) is 18.5 Å². The molecular weight excluding hydrogens is 229 g/mol. The summed E-state index contributed by atoms with van der Waals surface area (Å²) in [6.07, 6.45) is 0. The van der Waals surface area contributed by atoms with Gasteiger partial charge in [0.05, 0.1) is 0 Å². The maximum atomic E-state index is 14.0. The molecule has 1 heterocycles. The fraction of sp³-hybridized carbons (Fsp3) is 0.571. The second kappa shape index (κ2) is 5.67. The Morgan fingerprint density at radius 1 is 1.22 bits per heavy atom. The van der Waals surface area contributed by atoms with Crippen LogP contribution in [0, 0.1) is 5.82 Å². The summed E-state index contributed by atoms with van der Waals surface area (Å²) in [5, 5.41) is 3.13.